The summed E-state index contributed by atoms with van der Waals surface area (Å²) in [6.07, 6.45) is 9.20. The van der Waals surface area contributed by atoms with Crippen molar-refractivity contribution in [2.24, 2.45) is 0 Å². The van der Waals surface area contributed by atoms with Crippen LogP contribution in [-0.4, -0.2) is 25.2 Å². The van der Waals surface area contributed by atoms with Gasteiger partial charge in [-0.25, -0.2) is 0 Å². The summed E-state index contributed by atoms with van der Waals surface area (Å²) in [6.45, 7) is 2.27. The van der Waals surface area contributed by atoms with E-state index in [0.29, 0.717) is 19.4 Å². The van der Waals surface area contributed by atoms with Crippen LogP contribution in [0.5, 0.6) is 0 Å². The Hall–Kier alpha value is -1.50. The van der Waals surface area contributed by atoms with Gasteiger partial charge in [0.25, 0.3) is 0 Å². The van der Waals surface area contributed by atoms with Crippen molar-refractivity contribution in [2.75, 3.05) is 13.2 Å². The minimum Gasteiger partial charge on any atom is -0.466 e. The number of hydrogen-bond donors (Lipinski definition) is 0. The Morgan fingerprint density at radius 2 is 1.53 bits per heavy atom. The molecule has 0 fully saturated rings. The van der Waals surface area contributed by atoms with Crippen molar-refractivity contribution in [3.8, 4) is 12.3 Å². The van der Waals surface area contributed by atoms with E-state index in [2.05, 4.69) is 5.92 Å². The monoisotopic (exact) mass is 240 g/mol. The largest absolute Gasteiger partial charge is 0.466 e. The summed E-state index contributed by atoms with van der Waals surface area (Å²) < 4.78 is 9.52. The predicted molar refractivity (Wildman–Crippen MR) is 64.1 cm³/mol. The van der Waals surface area contributed by atoms with Gasteiger partial charge in [0, 0.05) is 12.8 Å². The maximum Gasteiger partial charge on any atom is 0.306 e. The summed E-state index contributed by atoms with van der Waals surface area (Å²) in [7, 11) is 0. The van der Waals surface area contributed by atoms with Crippen LogP contribution in [-0.2, 0) is 19.1 Å². The molecule has 0 aliphatic heterocycles. The van der Waals surface area contributed by atoms with Crippen LogP contribution in [0, 0.1) is 12.3 Å². The summed E-state index contributed by atoms with van der Waals surface area (Å²) in [4.78, 5) is 22.0. The molecule has 4 heteroatoms. The second-order valence-electron chi connectivity index (χ2n) is 3.58. The molecule has 17 heavy (non-hydrogen) atoms. The topological polar surface area (TPSA) is 52.6 Å². The maximum absolute atomic E-state index is 11.0. The second-order valence-corrected chi connectivity index (χ2v) is 3.58. The molecule has 0 aliphatic rings. The lowest BCUT2D eigenvalue weighted by molar-refractivity contribution is -0.144. The SMILES string of the molecule is C#CCOC(=O)CCCCCCC(=O)OCC. The average Bonchev–Trinajstić information content (AvgIpc) is 2.31. The Morgan fingerprint density at radius 3 is 2.00 bits per heavy atom. The van der Waals surface area contributed by atoms with E-state index in [1.54, 1.807) is 6.92 Å². The number of carbonyl (C=O) groups excluding carboxylic acids is 2. The highest BCUT2D eigenvalue weighted by Crippen LogP contribution is 2.06. The van der Waals surface area contributed by atoms with Gasteiger partial charge in [0.05, 0.1) is 6.61 Å². The molecule has 0 amide bonds. The molecule has 0 atom stereocenters. The molecule has 0 rings (SSSR count). The molecule has 0 N–H and O–H groups in total. The summed E-state index contributed by atoms with van der Waals surface area (Å²) in [5, 5.41) is 0. The molecule has 96 valence electrons. The van der Waals surface area contributed by atoms with E-state index < -0.39 is 0 Å². The molecule has 0 aromatic rings. The molecular weight excluding hydrogens is 220 g/mol. The molecule has 0 heterocycles. The summed E-state index contributed by atoms with van der Waals surface area (Å²) in [5.41, 5.74) is 0. The van der Waals surface area contributed by atoms with Crippen molar-refractivity contribution in [3.63, 3.8) is 0 Å². The minimum atomic E-state index is -0.256. The highest BCUT2D eigenvalue weighted by molar-refractivity contribution is 5.69. The maximum atomic E-state index is 11.0. The van der Waals surface area contributed by atoms with Gasteiger partial charge in [-0.2, -0.15) is 0 Å². The lowest BCUT2D eigenvalue weighted by atomic mass is 10.1. The third-order valence-corrected chi connectivity index (χ3v) is 2.13. The van der Waals surface area contributed by atoms with Gasteiger partial charge in [0.15, 0.2) is 6.61 Å². The summed E-state index contributed by atoms with van der Waals surface area (Å²) >= 11 is 0. The number of rotatable bonds is 9. The van der Waals surface area contributed by atoms with E-state index in [1.807, 2.05) is 0 Å². The van der Waals surface area contributed by atoms with Crippen molar-refractivity contribution in [2.45, 2.75) is 45.4 Å². The molecule has 0 aromatic carbocycles. The average molecular weight is 240 g/mol. The molecule has 0 bridgehead atoms. The lowest BCUT2D eigenvalue weighted by Gasteiger charge is -2.02. The van der Waals surface area contributed by atoms with E-state index >= 15 is 0 Å². The smallest absolute Gasteiger partial charge is 0.306 e. The number of esters is 2. The van der Waals surface area contributed by atoms with E-state index in [0.717, 1.165) is 25.7 Å². The van der Waals surface area contributed by atoms with E-state index in [9.17, 15) is 9.59 Å². The minimum absolute atomic E-state index is 0.0433. The van der Waals surface area contributed by atoms with Crippen LogP contribution in [0.3, 0.4) is 0 Å². The van der Waals surface area contributed by atoms with Crippen molar-refractivity contribution in [3.05, 3.63) is 0 Å². The molecule has 0 radical (unpaired) electrons. The molecule has 4 nitrogen and oxygen atoms in total. The number of terminal acetylenes is 1. The second kappa shape index (κ2) is 11.0. The van der Waals surface area contributed by atoms with Crippen LogP contribution in [0.2, 0.25) is 0 Å². The van der Waals surface area contributed by atoms with Crippen LogP contribution < -0.4 is 0 Å². The zero-order chi connectivity index (χ0) is 12.9. The molecule has 0 saturated carbocycles. The van der Waals surface area contributed by atoms with Gasteiger partial charge < -0.3 is 9.47 Å². The summed E-state index contributed by atoms with van der Waals surface area (Å²) in [6, 6.07) is 0. The van der Waals surface area contributed by atoms with Gasteiger partial charge in [-0.3, -0.25) is 9.59 Å². The van der Waals surface area contributed by atoms with E-state index in [4.69, 9.17) is 15.9 Å². The Kier molecular flexibility index (Phi) is 10.0. The first-order chi connectivity index (χ1) is 8.20. The first kappa shape index (κ1) is 15.5. The van der Waals surface area contributed by atoms with Crippen molar-refractivity contribution >= 4 is 11.9 Å². The zero-order valence-corrected chi connectivity index (χ0v) is 10.4. The Balaban J connectivity index is 3.26. The molecule has 0 spiro atoms. The normalized spacial score (nSPS) is 9.41. The van der Waals surface area contributed by atoms with Crippen LogP contribution in [0.1, 0.15) is 45.4 Å². The van der Waals surface area contributed by atoms with Crippen molar-refractivity contribution in [1.29, 1.82) is 0 Å². The van der Waals surface area contributed by atoms with Gasteiger partial charge in [-0.05, 0) is 19.8 Å². The fourth-order valence-electron chi connectivity index (χ4n) is 1.32. The van der Waals surface area contributed by atoms with E-state index in [1.165, 1.54) is 0 Å². The number of ether oxygens (including phenoxy) is 2. The third-order valence-electron chi connectivity index (χ3n) is 2.13. The fourth-order valence-corrected chi connectivity index (χ4v) is 1.32. The number of carbonyl (C=O) groups is 2. The van der Waals surface area contributed by atoms with Gasteiger partial charge in [-0.15, -0.1) is 6.42 Å². The highest BCUT2D eigenvalue weighted by Gasteiger charge is 2.03. The number of hydrogen-bond acceptors (Lipinski definition) is 4. The molecule has 0 saturated heterocycles. The highest BCUT2D eigenvalue weighted by atomic mass is 16.5. The predicted octanol–water partition coefficient (Wildman–Crippen LogP) is 2.07. The van der Waals surface area contributed by atoms with Gasteiger partial charge >= 0.3 is 11.9 Å². The van der Waals surface area contributed by atoms with Crippen LogP contribution in [0.25, 0.3) is 0 Å². The first-order valence-electron chi connectivity index (χ1n) is 5.95. The zero-order valence-electron chi connectivity index (χ0n) is 10.4. The van der Waals surface area contributed by atoms with Crippen molar-refractivity contribution in [1.82, 2.24) is 0 Å². The lowest BCUT2D eigenvalue weighted by Crippen LogP contribution is -2.04. The van der Waals surface area contributed by atoms with Crippen LogP contribution in [0.15, 0.2) is 0 Å². The van der Waals surface area contributed by atoms with Gasteiger partial charge in [-0.1, -0.05) is 18.8 Å². The molecule has 0 aromatic heterocycles. The fraction of sp³-hybridized carbons (Fsp3) is 0.692. The first-order valence-corrected chi connectivity index (χ1v) is 5.95. The molecular formula is C13H20O4. The van der Waals surface area contributed by atoms with Gasteiger partial charge in [0.1, 0.15) is 0 Å². The van der Waals surface area contributed by atoms with E-state index in [-0.39, 0.29) is 18.5 Å². The van der Waals surface area contributed by atoms with Gasteiger partial charge in [0.2, 0.25) is 0 Å². The Morgan fingerprint density at radius 1 is 1.00 bits per heavy atom. The van der Waals surface area contributed by atoms with Crippen LogP contribution in [0.4, 0.5) is 0 Å². The Labute approximate surface area is 103 Å². The van der Waals surface area contributed by atoms with Crippen LogP contribution >= 0.6 is 0 Å². The third kappa shape index (κ3) is 10.8. The molecule has 0 aliphatic carbocycles. The Bertz CT molecular complexity index is 265. The quantitative estimate of drug-likeness (QED) is 0.352. The molecule has 0 unspecified atom stereocenters. The number of unbranched alkanes of at least 4 members (excludes halogenated alkanes) is 3. The summed E-state index contributed by atoms with van der Waals surface area (Å²) in [5.74, 6) is 1.83. The van der Waals surface area contributed by atoms with Crippen molar-refractivity contribution < 1.29 is 19.1 Å². The standard InChI is InChI=1S/C13H20O4/c1-3-11-17-13(15)10-8-6-5-7-9-12(14)16-4-2/h1H,4-11H2,2H3.